The number of aryl methyl sites for hydroxylation is 1. The number of carbonyl (C=O) groups excluding carboxylic acids is 2. The van der Waals surface area contributed by atoms with Crippen LogP contribution in [0.25, 0.3) is 0 Å². The number of benzene rings is 2. The lowest BCUT2D eigenvalue weighted by Crippen LogP contribution is -2.47. The molecule has 0 unspecified atom stereocenters. The minimum atomic E-state index is -0.524. The molecule has 0 fully saturated rings. The molecule has 0 saturated carbocycles. The molecule has 0 spiro atoms. The third-order valence-corrected chi connectivity index (χ3v) is 5.76. The average molecular weight is 473 g/mol. The molecule has 0 bridgehead atoms. The quantitative estimate of drug-likeness (QED) is 0.571. The van der Waals surface area contributed by atoms with E-state index in [1.54, 1.807) is 11.8 Å². The van der Waals surface area contributed by atoms with Crippen LogP contribution in [0.4, 0.5) is 0 Å². The maximum atomic E-state index is 13.1. The van der Waals surface area contributed by atoms with Crippen molar-refractivity contribution < 1.29 is 9.59 Å². The van der Waals surface area contributed by atoms with Gasteiger partial charge in [0.2, 0.25) is 11.8 Å². The molecule has 0 aliphatic heterocycles. The van der Waals surface area contributed by atoms with Gasteiger partial charge in [-0.2, -0.15) is 0 Å². The molecule has 0 heterocycles. The second-order valence-electron chi connectivity index (χ2n) is 8.67. The van der Waals surface area contributed by atoms with Gasteiger partial charge in [-0.3, -0.25) is 9.59 Å². The highest BCUT2D eigenvalue weighted by Crippen LogP contribution is 2.23. The van der Waals surface area contributed by atoms with Crippen molar-refractivity contribution in [3.63, 3.8) is 0 Å². The van der Waals surface area contributed by atoms with Crippen LogP contribution in [-0.4, -0.2) is 29.3 Å². The Balaban J connectivity index is 2.11. The molecule has 1 N–H and O–H groups in total. The SMILES string of the molecule is CCNC(=O)[C@H](C)N(Cc1ccc(Br)cc1)C(=O)CCc1ccc(C(C)(C)C)cc1. The lowest BCUT2D eigenvalue weighted by molar-refractivity contribution is -0.140. The number of hydrogen-bond donors (Lipinski definition) is 1. The van der Waals surface area contributed by atoms with E-state index in [9.17, 15) is 9.59 Å². The van der Waals surface area contributed by atoms with Crippen molar-refractivity contribution in [3.05, 3.63) is 69.7 Å². The molecule has 0 radical (unpaired) electrons. The molecular weight excluding hydrogens is 440 g/mol. The van der Waals surface area contributed by atoms with E-state index >= 15 is 0 Å². The first kappa shape index (κ1) is 24.1. The van der Waals surface area contributed by atoms with Crippen LogP contribution in [0.2, 0.25) is 0 Å². The number of halogens is 1. The van der Waals surface area contributed by atoms with Crippen LogP contribution in [-0.2, 0) is 28.0 Å². The normalized spacial score (nSPS) is 12.3. The third-order valence-electron chi connectivity index (χ3n) is 5.23. The maximum absolute atomic E-state index is 13.1. The lowest BCUT2D eigenvalue weighted by Gasteiger charge is -2.29. The molecule has 4 nitrogen and oxygen atoms in total. The van der Waals surface area contributed by atoms with Gasteiger partial charge < -0.3 is 10.2 Å². The van der Waals surface area contributed by atoms with Crippen LogP contribution in [0.15, 0.2) is 53.0 Å². The molecule has 162 valence electrons. The van der Waals surface area contributed by atoms with E-state index in [-0.39, 0.29) is 17.2 Å². The van der Waals surface area contributed by atoms with Gasteiger partial charge in [-0.1, -0.05) is 73.1 Å². The van der Waals surface area contributed by atoms with Gasteiger partial charge >= 0.3 is 0 Å². The zero-order valence-electron chi connectivity index (χ0n) is 18.7. The molecule has 0 aromatic heterocycles. The lowest BCUT2D eigenvalue weighted by atomic mass is 9.86. The molecule has 0 saturated heterocycles. The molecular formula is C25H33BrN2O2. The Bertz CT molecular complexity index is 839. The topological polar surface area (TPSA) is 49.4 Å². The summed E-state index contributed by atoms with van der Waals surface area (Å²) in [4.78, 5) is 27.2. The zero-order chi connectivity index (χ0) is 22.3. The summed E-state index contributed by atoms with van der Waals surface area (Å²) in [6.07, 6.45) is 1.03. The fourth-order valence-corrected chi connectivity index (χ4v) is 3.52. The Labute approximate surface area is 189 Å². The molecule has 2 aromatic rings. The largest absolute Gasteiger partial charge is 0.355 e. The number of likely N-dealkylation sites (N-methyl/N-ethyl adjacent to an activating group) is 1. The van der Waals surface area contributed by atoms with Crippen molar-refractivity contribution >= 4 is 27.7 Å². The highest BCUT2D eigenvalue weighted by atomic mass is 79.9. The average Bonchev–Trinajstić information content (AvgIpc) is 2.71. The van der Waals surface area contributed by atoms with Gasteiger partial charge in [-0.15, -0.1) is 0 Å². The van der Waals surface area contributed by atoms with Crippen molar-refractivity contribution in [2.75, 3.05) is 6.54 Å². The van der Waals surface area contributed by atoms with Gasteiger partial charge in [0.15, 0.2) is 0 Å². The molecule has 2 aromatic carbocycles. The second-order valence-corrected chi connectivity index (χ2v) is 9.58. The highest BCUT2D eigenvalue weighted by Gasteiger charge is 2.25. The fraction of sp³-hybridized carbons (Fsp3) is 0.440. The van der Waals surface area contributed by atoms with Crippen LogP contribution >= 0.6 is 15.9 Å². The molecule has 0 aliphatic rings. The summed E-state index contributed by atoms with van der Waals surface area (Å²) >= 11 is 3.44. The van der Waals surface area contributed by atoms with Crippen molar-refractivity contribution in [3.8, 4) is 0 Å². The molecule has 0 aliphatic carbocycles. The smallest absolute Gasteiger partial charge is 0.242 e. The molecule has 2 amide bonds. The maximum Gasteiger partial charge on any atom is 0.242 e. The standard InChI is InChI=1S/C25H33BrN2O2/c1-6-27-24(30)18(2)28(17-20-9-14-22(26)15-10-20)23(29)16-11-19-7-12-21(13-8-19)25(3,4)5/h7-10,12-15,18H,6,11,16-17H2,1-5H3,(H,27,30)/t18-/m0/s1. The van der Waals surface area contributed by atoms with Gasteiger partial charge in [-0.25, -0.2) is 0 Å². The minimum absolute atomic E-state index is 0.0171. The number of nitrogens with zero attached hydrogens (tertiary/aromatic N) is 1. The Hall–Kier alpha value is -2.14. The fourth-order valence-electron chi connectivity index (χ4n) is 3.26. The van der Waals surface area contributed by atoms with E-state index in [4.69, 9.17) is 0 Å². The molecule has 2 rings (SSSR count). The number of nitrogens with one attached hydrogen (secondary N) is 1. The first-order valence-corrected chi connectivity index (χ1v) is 11.3. The van der Waals surface area contributed by atoms with E-state index in [0.29, 0.717) is 25.9 Å². The summed E-state index contributed by atoms with van der Waals surface area (Å²) < 4.78 is 0.986. The van der Waals surface area contributed by atoms with Gasteiger partial charge in [0.05, 0.1) is 0 Å². The van der Waals surface area contributed by atoms with Gasteiger partial charge in [0.1, 0.15) is 6.04 Å². The monoisotopic (exact) mass is 472 g/mol. The van der Waals surface area contributed by atoms with Crippen LogP contribution in [0.1, 0.15) is 57.7 Å². The van der Waals surface area contributed by atoms with Crippen molar-refractivity contribution in [1.82, 2.24) is 10.2 Å². The summed E-state index contributed by atoms with van der Waals surface area (Å²) in [6, 6.07) is 15.8. The Morgan fingerprint density at radius 2 is 1.57 bits per heavy atom. The first-order valence-electron chi connectivity index (χ1n) is 10.5. The molecule has 30 heavy (non-hydrogen) atoms. The zero-order valence-corrected chi connectivity index (χ0v) is 20.3. The van der Waals surface area contributed by atoms with Crippen LogP contribution < -0.4 is 5.32 Å². The van der Waals surface area contributed by atoms with E-state index in [1.165, 1.54) is 5.56 Å². The van der Waals surface area contributed by atoms with Crippen LogP contribution in [0.5, 0.6) is 0 Å². The summed E-state index contributed by atoms with van der Waals surface area (Å²) in [5.41, 5.74) is 3.51. The summed E-state index contributed by atoms with van der Waals surface area (Å²) in [5, 5.41) is 2.83. The number of amides is 2. The predicted molar refractivity (Wildman–Crippen MR) is 126 cm³/mol. The minimum Gasteiger partial charge on any atom is -0.355 e. The van der Waals surface area contributed by atoms with Gasteiger partial charge in [-0.05, 0) is 54.5 Å². The Morgan fingerprint density at radius 3 is 2.10 bits per heavy atom. The van der Waals surface area contributed by atoms with Crippen LogP contribution in [0.3, 0.4) is 0 Å². The Morgan fingerprint density at radius 1 is 1.00 bits per heavy atom. The molecule has 5 heteroatoms. The summed E-state index contributed by atoms with van der Waals surface area (Å²) in [5.74, 6) is -0.144. The van der Waals surface area contributed by atoms with Crippen LogP contribution in [0, 0.1) is 0 Å². The predicted octanol–water partition coefficient (Wildman–Crippen LogP) is 5.23. The molecule has 1 atom stereocenters. The highest BCUT2D eigenvalue weighted by molar-refractivity contribution is 9.10. The number of hydrogen-bond acceptors (Lipinski definition) is 2. The third kappa shape index (κ3) is 6.98. The van der Waals surface area contributed by atoms with Crippen molar-refractivity contribution in [1.29, 1.82) is 0 Å². The second kappa shape index (κ2) is 10.8. The van der Waals surface area contributed by atoms with Crippen molar-refractivity contribution in [2.45, 2.75) is 65.5 Å². The number of rotatable bonds is 8. The van der Waals surface area contributed by atoms with Crippen molar-refractivity contribution in [2.24, 2.45) is 0 Å². The van der Waals surface area contributed by atoms with Gasteiger partial charge in [0, 0.05) is 24.0 Å². The first-order chi connectivity index (χ1) is 14.1. The van der Waals surface area contributed by atoms with E-state index in [1.807, 2.05) is 31.2 Å². The summed E-state index contributed by atoms with van der Waals surface area (Å²) in [6.45, 7) is 11.2. The van der Waals surface area contributed by atoms with Gasteiger partial charge in [0.25, 0.3) is 0 Å². The van der Waals surface area contributed by atoms with E-state index < -0.39 is 6.04 Å². The van der Waals surface area contributed by atoms with E-state index in [2.05, 4.69) is 66.3 Å². The van der Waals surface area contributed by atoms with E-state index in [0.717, 1.165) is 15.6 Å². The Kier molecular flexibility index (Phi) is 8.65. The number of carbonyl (C=O) groups is 2. The summed E-state index contributed by atoms with van der Waals surface area (Å²) in [7, 11) is 0.